The molecule has 156 valence electrons. The summed E-state index contributed by atoms with van der Waals surface area (Å²) < 4.78 is 11.8. The summed E-state index contributed by atoms with van der Waals surface area (Å²) in [5, 5.41) is 0.996. The molecule has 3 aromatic carbocycles. The standard InChI is InChI=1S/C26H23NO3S/c1-17-14-23-24(15-18(17)2)31-25(27-23)13-8-19-6-11-22(12-7-19)30-16-20-4-9-21(10-5-20)26(28)29-3/h4-15H,16H2,1-3H3. The van der Waals surface area contributed by atoms with E-state index in [-0.39, 0.29) is 5.97 Å². The van der Waals surface area contributed by atoms with Gasteiger partial charge in [0.2, 0.25) is 0 Å². The van der Waals surface area contributed by atoms with Crippen LogP contribution in [0.4, 0.5) is 0 Å². The van der Waals surface area contributed by atoms with E-state index in [0.717, 1.165) is 27.4 Å². The molecule has 0 bridgehead atoms. The number of thiazole rings is 1. The van der Waals surface area contributed by atoms with E-state index in [0.29, 0.717) is 12.2 Å². The van der Waals surface area contributed by atoms with Gasteiger partial charge in [0.15, 0.2) is 0 Å². The highest BCUT2D eigenvalue weighted by Crippen LogP contribution is 2.26. The Bertz CT molecular complexity index is 1200. The Labute approximate surface area is 185 Å². The average Bonchev–Trinajstić information content (AvgIpc) is 3.18. The van der Waals surface area contributed by atoms with Crippen molar-refractivity contribution in [3.05, 3.63) is 93.5 Å². The first-order chi connectivity index (χ1) is 15.0. The van der Waals surface area contributed by atoms with Gasteiger partial charge in [-0.05, 0) is 78.6 Å². The second-order valence-corrected chi connectivity index (χ2v) is 8.40. The maximum atomic E-state index is 11.5. The quantitative estimate of drug-likeness (QED) is 0.331. The maximum absolute atomic E-state index is 11.5. The normalized spacial score (nSPS) is 11.2. The fourth-order valence-corrected chi connectivity index (χ4v) is 4.08. The molecular formula is C26H23NO3S. The predicted octanol–water partition coefficient (Wildman–Crippen LogP) is 6.45. The second kappa shape index (κ2) is 9.14. The molecule has 4 rings (SSSR count). The third-order valence-electron chi connectivity index (χ3n) is 5.10. The Morgan fingerprint density at radius 2 is 1.68 bits per heavy atom. The van der Waals surface area contributed by atoms with E-state index in [1.807, 2.05) is 42.5 Å². The van der Waals surface area contributed by atoms with Crippen LogP contribution in [0.15, 0.2) is 60.7 Å². The third-order valence-corrected chi connectivity index (χ3v) is 6.08. The van der Waals surface area contributed by atoms with E-state index in [1.54, 1.807) is 23.5 Å². The largest absolute Gasteiger partial charge is 0.489 e. The van der Waals surface area contributed by atoms with Gasteiger partial charge in [-0.1, -0.05) is 30.3 Å². The highest BCUT2D eigenvalue weighted by Gasteiger charge is 2.05. The Hall–Kier alpha value is -3.44. The van der Waals surface area contributed by atoms with Crippen LogP contribution < -0.4 is 4.74 Å². The number of methoxy groups -OCH3 is 1. The number of esters is 1. The minimum atomic E-state index is -0.341. The van der Waals surface area contributed by atoms with E-state index < -0.39 is 0 Å². The van der Waals surface area contributed by atoms with E-state index in [9.17, 15) is 4.79 Å². The van der Waals surface area contributed by atoms with Gasteiger partial charge in [0.25, 0.3) is 0 Å². The van der Waals surface area contributed by atoms with Crippen molar-refractivity contribution < 1.29 is 14.3 Å². The minimum absolute atomic E-state index is 0.341. The van der Waals surface area contributed by atoms with Crippen LogP contribution in [-0.4, -0.2) is 18.1 Å². The zero-order valence-electron chi connectivity index (χ0n) is 17.7. The molecule has 4 nitrogen and oxygen atoms in total. The highest BCUT2D eigenvalue weighted by molar-refractivity contribution is 7.19. The molecular weight excluding hydrogens is 406 g/mol. The van der Waals surface area contributed by atoms with Crippen molar-refractivity contribution in [1.82, 2.24) is 4.98 Å². The van der Waals surface area contributed by atoms with Crippen molar-refractivity contribution in [2.75, 3.05) is 7.11 Å². The Morgan fingerprint density at radius 1 is 0.968 bits per heavy atom. The molecule has 0 radical (unpaired) electrons. The van der Waals surface area contributed by atoms with Gasteiger partial charge in [0.1, 0.15) is 17.4 Å². The first kappa shape index (κ1) is 20.8. The van der Waals surface area contributed by atoms with Crippen LogP contribution in [0.25, 0.3) is 22.4 Å². The highest BCUT2D eigenvalue weighted by atomic mass is 32.1. The van der Waals surface area contributed by atoms with Gasteiger partial charge in [-0.2, -0.15) is 0 Å². The van der Waals surface area contributed by atoms with Gasteiger partial charge in [0, 0.05) is 0 Å². The van der Waals surface area contributed by atoms with Crippen molar-refractivity contribution in [1.29, 1.82) is 0 Å². The lowest BCUT2D eigenvalue weighted by Crippen LogP contribution is -2.01. The second-order valence-electron chi connectivity index (χ2n) is 7.34. The van der Waals surface area contributed by atoms with Crippen molar-refractivity contribution >= 4 is 39.7 Å². The SMILES string of the molecule is COC(=O)c1ccc(COc2ccc(C=Cc3nc4cc(C)c(C)cc4s3)cc2)cc1. The van der Waals surface area contributed by atoms with Gasteiger partial charge < -0.3 is 9.47 Å². The number of hydrogen-bond acceptors (Lipinski definition) is 5. The molecule has 0 spiro atoms. The van der Waals surface area contributed by atoms with Crippen LogP contribution in [0.5, 0.6) is 5.75 Å². The van der Waals surface area contributed by atoms with Crippen LogP contribution in [-0.2, 0) is 11.3 Å². The molecule has 0 aliphatic carbocycles. The molecule has 1 heterocycles. The molecule has 0 N–H and O–H groups in total. The summed E-state index contributed by atoms with van der Waals surface area (Å²) in [6.07, 6.45) is 4.11. The number of nitrogens with zero attached hydrogens (tertiary/aromatic N) is 1. The van der Waals surface area contributed by atoms with Gasteiger partial charge in [-0.15, -0.1) is 11.3 Å². The summed E-state index contributed by atoms with van der Waals surface area (Å²) in [5.41, 5.74) is 6.21. The number of carbonyl (C=O) groups is 1. The summed E-state index contributed by atoms with van der Waals surface area (Å²) in [6.45, 7) is 4.68. The minimum Gasteiger partial charge on any atom is -0.489 e. The number of hydrogen-bond donors (Lipinski definition) is 0. The number of aryl methyl sites for hydroxylation is 2. The van der Waals surface area contributed by atoms with Gasteiger partial charge in [-0.3, -0.25) is 0 Å². The van der Waals surface area contributed by atoms with E-state index in [2.05, 4.69) is 32.1 Å². The Morgan fingerprint density at radius 3 is 2.39 bits per heavy atom. The number of aromatic nitrogens is 1. The zero-order valence-corrected chi connectivity index (χ0v) is 18.5. The summed E-state index contributed by atoms with van der Waals surface area (Å²) in [7, 11) is 1.37. The predicted molar refractivity (Wildman–Crippen MR) is 127 cm³/mol. The number of ether oxygens (including phenoxy) is 2. The molecule has 0 fully saturated rings. The Balaban J connectivity index is 1.37. The van der Waals surface area contributed by atoms with Crippen molar-refractivity contribution in [3.63, 3.8) is 0 Å². The topological polar surface area (TPSA) is 48.4 Å². The molecule has 0 aliphatic rings. The number of carbonyl (C=O) groups excluding carboxylic acids is 1. The van der Waals surface area contributed by atoms with E-state index in [1.165, 1.54) is 22.9 Å². The lowest BCUT2D eigenvalue weighted by atomic mass is 10.1. The number of fused-ring (bicyclic) bond motifs is 1. The number of benzene rings is 3. The summed E-state index contributed by atoms with van der Waals surface area (Å²) in [6, 6.07) is 19.5. The first-order valence-corrected chi connectivity index (χ1v) is 10.8. The van der Waals surface area contributed by atoms with Crippen LogP contribution in [0.2, 0.25) is 0 Å². The molecule has 31 heavy (non-hydrogen) atoms. The monoisotopic (exact) mass is 429 g/mol. The molecule has 0 aliphatic heterocycles. The molecule has 4 aromatic rings. The van der Waals surface area contributed by atoms with E-state index >= 15 is 0 Å². The number of rotatable bonds is 6. The molecule has 0 unspecified atom stereocenters. The summed E-state index contributed by atoms with van der Waals surface area (Å²) in [5.74, 6) is 0.451. The third kappa shape index (κ3) is 5.01. The van der Waals surface area contributed by atoms with E-state index in [4.69, 9.17) is 14.5 Å². The maximum Gasteiger partial charge on any atom is 0.337 e. The molecule has 5 heteroatoms. The van der Waals surface area contributed by atoms with Crippen molar-refractivity contribution in [2.45, 2.75) is 20.5 Å². The van der Waals surface area contributed by atoms with Crippen LogP contribution in [0.3, 0.4) is 0 Å². The fourth-order valence-electron chi connectivity index (χ4n) is 3.13. The Kier molecular flexibility index (Phi) is 6.14. The molecule has 1 aromatic heterocycles. The zero-order chi connectivity index (χ0) is 21.8. The molecule has 0 atom stereocenters. The molecule has 0 saturated carbocycles. The molecule has 0 saturated heterocycles. The van der Waals surface area contributed by atoms with Gasteiger partial charge >= 0.3 is 5.97 Å². The average molecular weight is 430 g/mol. The summed E-state index contributed by atoms with van der Waals surface area (Å²) in [4.78, 5) is 16.2. The smallest absolute Gasteiger partial charge is 0.337 e. The lowest BCUT2D eigenvalue weighted by Gasteiger charge is -2.07. The van der Waals surface area contributed by atoms with Crippen LogP contribution in [0.1, 0.15) is 37.6 Å². The lowest BCUT2D eigenvalue weighted by molar-refractivity contribution is 0.0600. The molecule has 0 amide bonds. The fraction of sp³-hybridized carbons (Fsp3) is 0.154. The van der Waals surface area contributed by atoms with Crippen molar-refractivity contribution in [2.24, 2.45) is 0 Å². The summed E-state index contributed by atoms with van der Waals surface area (Å²) >= 11 is 1.70. The van der Waals surface area contributed by atoms with Gasteiger partial charge in [0.05, 0.1) is 22.9 Å². The van der Waals surface area contributed by atoms with Crippen molar-refractivity contribution in [3.8, 4) is 5.75 Å². The van der Waals surface area contributed by atoms with Gasteiger partial charge in [-0.25, -0.2) is 9.78 Å². The first-order valence-electron chi connectivity index (χ1n) is 9.98. The van der Waals surface area contributed by atoms with Crippen LogP contribution >= 0.6 is 11.3 Å². The van der Waals surface area contributed by atoms with Crippen LogP contribution in [0, 0.1) is 13.8 Å².